The summed E-state index contributed by atoms with van der Waals surface area (Å²) in [4.78, 5) is 0. The van der Waals surface area contributed by atoms with Crippen LogP contribution < -0.4 is 0 Å². The number of benzene rings is 1. The Bertz CT molecular complexity index is 256. The van der Waals surface area contributed by atoms with Gasteiger partial charge in [-0.3, -0.25) is 0 Å². The predicted octanol–water partition coefficient (Wildman–Crippen LogP) is 3.82. The van der Waals surface area contributed by atoms with Crippen LogP contribution in [-0.2, 0) is 6.42 Å². The molecule has 0 N–H and O–H groups in total. The Kier molecular flexibility index (Phi) is 3.90. The molecule has 12 heavy (non-hydrogen) atoms. The highest BCUT2D eigenvalue weighted by Gasteiger charge is 1.96. The Morgan fingerprint density at radius 3 is 2.67 bits per heavy atom. The largest absolute Gasteiger partial charge is 0.127 e. The van der Waals surface area contributed by atoms with Crippen LogP contribution in [0.2, 0.25) is 5.02 Å². The third-order valence-electron chi connectivity index (χ3n) is 1.84. The van der Waals surface area contributed by atoms with Gasteiger partial charge >= 0.3 is 0 Å². The first-order valence-electron chi connectivity index (χ1n) is 4.05. The van der Waals surface area contributed by atoms with Crippen LogP contribution in [0, 0.1) is 6.92 Å². The second-order valence-corrected chi connectivity index (χ2v) is 3.66. The van der Waals surface area contributed by atoms with Crippen LogP contribution in [0.1, 0.15) is 17.5 Å². The third-order valence-corrected chi connectivity index (χ3v) is 2.51. The van der Waals surface area contributed by atoms with Gasteiger partial charge in [-0.25, -0.2) is 0 Å². The minimum absolute atomic E-state index is 0.714. The van der Waals surface area contributed by atoms with E-state index in [4.69, 9.17) is 23.2 Å². The van der Waals surface area contributed by atoms with Gasteiger partial charge in [0.1, 0.15) is 0 Å². The molecule has 0 nitrogen and oxygen atoms in total. The molecular formula is C10H12Cl2. The summed E-state index contributed by atoms with van der Waals surface area (Å²) in [6, 6.07) is 6.17. The number of hydrogen-bond donors (Lipinski definition) is 0. The number of halogens is 2. The van der Waals surface area contributed by atoms with E-state index in [-0.39, 0.29) is 0 Å². The summed E-state index contributed by atoms with van der Waals surface area (Å²) in [5.41, 5.74) is 2.40. The van der Waals surface area contributed by atoms with Gasteiger partial charge in [0, 0.05) is 10.9 Å². The molecule has 1 rings (SSSR count). The van der Waals surface area contributed by atoms with Crippen molar-refractivity contribution < 1.29 is 0 Å². The molecule has 0 heterocycles. The Hall–Kier alpha value is -0.200. The maximum Gasteiger partial charge on any atom is 0.0437 e. The topological polar surface area (TPSA) is 0 Å². The van der Waals surface area contributed by atoms with E-state index in [1.165, 1.54) is 5.56 Å². The molecule has 1 aromatic rings. The molecule has 66 valence electrons. The molecule has 0 amide bonds. The lowest BCUT2D eigenvalue weighted by molar-refractivity contribution is 0.928. The van der Waals surface area contributed by atoms with Gasteiger partial charge in [-0.15, -0.1) is 11.6 Å². The minimum atomic E-state index is 0.714. The molecule has 0 aliphatic carbocycles. The Labute approximate surface area is 83.5 Å². The zero-order valence-electron chi connectivity index (χ0n) is 7.11. The normalized spacial score (nSPS) is 10.2. The molecule has 0 bridgehead atoms. The number of aryl methyl sites for hydroxylation is 2. The lowest BCUT2D eigenvalue weighted by Crippen LogP contribution is -1.87. The van der Waals surface area contributed by atoms with Gasteiger partial charge in [-0.05, 0) is 37.0 Å². The lowest BCUT2D eigenvalue weighted by atomic mass is 10.1. The predicted molar refractivity (Wildman–Crippen MR) is 55.2 cm³/mol. The van der Waals surface area contributed by atoms with Crippen LogP contribution in [0.3, 0.4) is 0 Å². The summed E-state index contributed by atoms with van der Waals surface area (Å²) in [6.07, 6.45) is 2.03. The molecule has 0 unspecified atom stereocenters. The summed E-state index contributed by atoms with van der Waals surface area (Å²) >= 11 is 11.5. The minimum Gasteiger partial charge on any atom is -0.127 e. The summed E-state index contributed by atoms with van der Waals surface area (Å²) < 4.78 is 0. The van der Waals surface area contributed by atoms with Gasteiger partial charge < -0.3 is 0 Å². The van der Waals surface area contributed by atoms with Crippen LogP contribution in [0.15, 0.2) is 18.2 Å². The molecule has 1 aromatic carbocycles. The van der Waals surface area contributed by atoms with Gasteiger partial charge in [0.15, 0.2) is 0 Å². The van der Waals surface area contributed by atoms with Crippen LogP contribution in [0.5, 0.6) is 0 Å². The van der Waals surface area contributed by atoms with Crippen LogP contribution >= 0.6 is 23.2 Å². The molecule has 2 heteroatoms. The van der Waals surface area contributed by atoms with Crippen molar-refractivity contribution in [1.82, 2.24) is 0 Å². The standard InChI is InChI=1S/C10H12Cl2/c1-8-4-5-9(3-2-6-11)7-10(8)12/h4-5,7H,2-3,6H2,1H3. The van der Waals surface area contributed by atoms with Gasteiger partial charge in [-0.2, -0.15) is 0 Å². The first-order chi connectivity index (χ1) is 5.74. The lowest BCUT2D eigenvalue weighted by Gasteiger charge is -2.01. The van der Waals surface area contributed by atoms with Gasteiger partial charge in [0.25, 0.3) is 0 Å². The average molecular weight is 203 g/mol. The molecule has 0 saturated heterocycles. The maximum absolute atomic E-state index is 5.96. The first kappa shape index (κ1) is 9.88. The molecule has 0 spiro atoms. The van der Waals surface area contributed by atoms with E-state index in [0.717, 1.165) is 23.4 Å². The summed E-state index contributed by atoms with van der Waals surface area (Å²) in [6.45, 7) is 2.01. The maximum atomic E-state index is 5.96. The fourth-order valence-electron chi connectivity index (χ4n) is 1.06. The monoisotopic (exact) mass is 202 g/mol. The van der Waals surface area contributed by atoms with E-state index < -0.39 is 0 Å². The molecule has 0 aliphatic heterocycles. The van der Waals surface area contributed by atoms with Crippen molar-refractivity contribution in [2.75, 3.05) is 5.88 Å². The van der Waals surface area contributed by atoms with Crippen molar-refractivity contribution in [1.29, 1.82) is 0 Å². The van der Waals surface area contributed by atoms with Gasteiger partial charge in [0.2, 0.25) is 0 Å². The van der Waals surface area contributed by atoms with E-state index in [0.29, 0.717) is 5.88 Å². The second kappa shape index (κ2) is 4.74. The molecule has 0 aliphatic rings. The van der Waals surface area contributed by atoms with Crippen LogP contribution in [0.4, 0.5) is 0 Å². The third kappa shape index (κ3) is 2.69. The second-order valence-electron chi connectivity index (χ2n) is 2.88. The average Bonchev–Trinajstić information content (AvgIpc) is 2.07. The fourth-order valence-corrected chi connectivity index (χ4v) is 1.40. The zero-order chi connectivity index (χ0) is 8.97. The van der Waals surface area contributed by atoms with Crippen molar-refractivity contribution in [3.63, 3.8) is 0 Å². The van der Waals surface area contributed by atoms with Crippen LogP contribution in [-0.4, -0.2) is 5.88 Å². The SMILES string of the molecule is Cc1ccc(CCCCl)cc1Cl. The summed E-state index contributed by atoms with van der Waals surface area (Å²) in [7, 11) is 0. The summed E-state index contributed by atoms with van der Waals surface area (Å²) in [5, 5.41) is 0.849. The van der Waals surface area contributed by atoms with E-state index in [2.05, 4.69) is 6.07 Å². The van der Waals surface area contributed by atoms with Crippen molar-refractivity contribution in [3.05, 3.63) is 34.3 Å². The van der Waals surface area contributed by atoms with E-state index in [1.54, 1.807) is 0 Å². The van der Waals surface area contributed by atoms with Crippen molar-refractivity contribution in [2.24, 2.45) is 0 Å². The van der Waals surface area contributed by atoms with E-state index >= 15 is 0 Å². The van der Waals surface area contributed by atoms with E-state index in [1.807, 2.05) is 19.1 Å². The number of alkyl halides is 1. The van der Waals surface area contributed by atoms with Gasteiger partial charge in [-0.1, -0.05) is 23.7 Å². The van der Waals surface area contributed by atoms with Crippen molar-refractivity contribution in [3.8, 4) is 0 Å². The molecule has 0 fully saturated rings. The quantitative estimate of drug-likeness (QED) is 0.655. The molecule has 0 aromatic heterocycles. The number of rotatable bonds is 3. The van der Waals surface area contributed by atoms with E-state index in [9.17, 15) is 0 Å². The molecule has 0 saturated carbocycles. The zero-order valence-corrected chi connectivity index (χ0v) is 8.62. The Morgan fingerprint density at radius 2 is 2.08 bits per heavy atom. The van der Waals surface area contributed by atoms with Crippen molar-refractivity contribution >= 4 is 23.2 Å². The van der Waals surface area contributed by atoms with Crippen LogP contribution in [0.25, 0.3) is 0 Å². The summed E-state index contributed by atoms with van der Waals surface area (Å²) in [5.74, 6) is 0.714. The van der Waals surface area contributed by atoms with Gasteiger partial charge in [0.05, 0.1) is 0 Å². The van der Waals surface area contributed by atoms with Crippen molar-refractivity contribution in [2.45, 2.75) is 19.8 Å². The Balaban J connectivity index is 2.69. The number of hydrogen-bond acceptors (Lipinski definition) is 0. The molecule has 0 atom stereocenters. The molecular weight excluding hydrogens is 191 g/mol. The fraction of sp³-hybridized carbons (Fsp3) is 0.400. The highest BCUT2D eigenvalue weighted by molar-refractivity contribution is 6.31. The Morgan fingerprint density at radius 1 is 1.33 bits per heavy atom. The first-order valence-corrected chi connectivity index (χ1v) is 4.96. The highest BCUT2D eigenvalue weighted by Crippen LogP contribution is 2.17. The highest BCUT2D eigenvalue weighted by atomic mass is 35.5. The molecule has 0 radical (unpaired) electrons. The smallest absolute Gasteiger partial charge is 0.0437 e.